The molecule has 134 valence electrons. The van der Waals surface area contributed by atoms with Crippen LogP contribution in [-0.2, 0) is 14.4 Å². The number of hydrogen-bond donors (Lipinski definition) is 2. The molecule has 1 aromatic carbocycles. The highest BCUT2D eigenvalue weighted by Crippen LogP contribution is 2.33. The molecule has 2 amide bonds. The van der Waals surface area contributed by atoms with Gasteiger partial charge >= 0.3 is 5.97 Å². The van der Waals surface area contributed by atoms with Gasteiger partial charge in [0.25, 0.3) is 11.8 Å². The second-order valence-corrected chi connectivity index (χ2v) is 5.58. The lowest BCUT2D eigenvalue weighted by Crippen LogP contribution is -2.31. The molecule has 8 nitrogen and oxygen atoms in total. The standard InChI is InChI=1S/C18H16N2O6/c1-2-11(19-14(21)7-8-15(19)22)18(25)26-13-6-4-3-5-12(13)20-16(23)9-10-17(20)24/h3-11,21-22H,2H2,1H3. The van der Waals surface area contributed by atoms with E-state index in [1.807, 2.05) is 0 Å². The molecule has 1 aliphatic heterocycles. The van der Waals surface area contributed by atoms with Gasteiger partial charge in [0.2, 0.25) is 0 Å². The van der Waals surface area contributed by atoms with Gasteiger partial charge in [-0.2, -0.15) is 0 Å². The quantitative estimate of drug-likeness (QED) is 0.481. The van der Waals surface area contributed by atoms with E-state index < -0.39 is 23.8 Å². The molecular weight excluding hydrogens is 340 g/mol. The number of aromatic hydroxyl groups is 2. The lowest BCUT2D eigenvalue weighted by Gasteiger charge is -2.21. The molecule has 26 heavy (non-hydrogen) atoms. The number of benzene rings is 1. The van der Waals surface area contributed by atoms with Crippen molar-refractivity contribution in [3.8, 4) is 17.5 Å². The molecule has 0 aliphatic carbocycles. The maximum Gasteiger partial charge on any atom is 0.334 e. The summed E-state index contributed by atoms with van der Waals surface area (Å²) in [4.78, 5) is 37.3. The van der Waals surface area contributed by atoms with Crippen molar-refractivity contribution in [3.05, 3.63) is 48.6 Å². The molecule has 0 saturated carbocycles. The zero-order valence-corrected chi connectivity index (χ0v) is 13.8. The summed E-state index contributed by atoms with van der Waals surface area (Å²) in [6, 6.07) is 7.66. The van der Waals surface area contributed by atoms with Crippen LogP contribution in [0.4, 0.5) is 5.69 Å². The van der Waals surface area contributed by atoms with Crippen molar-refractivity contribution in [2.45, 2.75) is 19.4 Å². The molecular formula is C18H16N2O6. The number of carbonyl (C=O) groups excluding carboxylic acids is 3. The van der Waals surface area contributed by atoms with Crippen LogP contribution in [0, 0.1) is 0 Å². The minimum atomic E-state index is -0.985. The van der Waals surface area contributed by atoms with Crippen LogP contribution in [0.1, 0.15) is 19.4 Å². The summed E-state index contributed by atoms with van der Waals surface area (Å²) in [7, 11) is 0. The molecule has 8 heteroatoms. The van der Waals surface area contributed by atoms with Crippen LogP contribution < -0.4 is 9.64 Å². The van der Waals surface area contributed by atoms with Crippen molar-refractivity contribution in [2.75, 3.05) is 4.90 Å². The molecule has 0 fully saturated rings. The molecule has 2 aromatic rings. The van der Waals surface area contributed by atoms with Crippen molar-refractivity contribution < 1.29 is 29.3 Å². The van der Waals surface area contributed by atoms with Crippen LogP contribution in [0.15, 0.2) is 48.6 Å². The fourth-order valence-electron chi connectivity index (χ4n) is 2.74. The zero-order chi connectivity index (χ0) is 18.8. The van der Waals surface area contributed by atoms with Gasteiger partial charge in [-0.1, -0.05) is 19.1 Å². The Balaban J connectivity index is 1.91. The molecule has 1 aromatic heterocycles. The average molecular weight is 356 g/mol. The van der Waals surface area contributed by atoms with E-state index in [1.165, 1.54) is 24.3 Å². The second-order valence-electron chi connectivity index (χ2n) is 5.58. The zero-order valence-electron chi connectivity index (χ0n) is 13.8. The predicted molar refractivity (Wildman–Crippen MR) is 90.8 cm³/mol. The van der Waals surface area contributed by atoms with Crippen molar-refractivity contribution in [1.29, 1.82) is 0 Å². The Morgan fingerprint density at radius 3 is 2.19 bits per heavy atom. The number of nitrogens with zero attached hydrogens (tertiary/aromatic N) is 2. The Hall–Kier alpha value is -3.55. The van der Waals surface area contributed by atoms with Gasteiger partial charge in [0, 0.05) is 24.3 Å². The molecule has 0 saturated heterocycles. The van der Waals surface area contributed by atoms with E-state index in [2.05, 4.69) is 0 Å². The molecule has 0 radical (unpaired) electrons. The summed E-state index contributed by atoms with van der Waals surface area (Å²) in [5.41, 5.74) is 0.136. The number of ether oxygens (including phenoxy) is 1. The Labute approximate surface area is 148 Å². The third kappa shape index (κ3) is 2.92. The number of anilines is 1. The summed E-state index contributed by atoms with van der Waals surface area (Å²) >= 11 is 0. The molecule has 1 unspecified atom stereocenters. The Kier molecular flexibility index (Phi) is 4.49. The van der Waals surface area contributed by atoms with E-state index in [0.717, 1.165) is 21.6 Å². The first-order valence-electron chi connectivity index (χ1n) is 7.90. The number of carbonyl (C=O) groups is 3. The van der Waals surface area contributed by atoms with Crippen molar-refractivity contribution in [1.82, 2.24) is 4.57 Å². The summed E-state index contributed by atoms with van der Waals surface area (Å²) in [5, 5.41) is 19.7. The van der Waals surface area contributed by atoms with Gasteiger partial charge in [0.05, 0.1) is 5.69 Å². The number of hydrogen-bond acceptors (Lipinski definition) is 6. The number of aromatic nitrogens is 1. The second kappa shape index (κ2) is 6.75. The molecule has 3 rings (SSSR count). The minimum Gasteiger partial charge on any atom is -0.494 e. The highest BCUT2D eigenvalue weighted by atomic mass is 16.5. The van der Waals surface area contributed by atoms with Gasteiger partial charge in [-0.3, -0.25) is 14.2 Å². The van der Waals surface area contributed by atoms with Crippen LogP contribution in [0.5, 0.6) is 17.5 Å². The monoisotopic (exact) mass is 356 g/mol. The van der Waals surface area contributed by atoms with Gasteiger partial charge in [-0.25, -0.2) is 9.69 Å². The predicted octanol–water partition coefficient (Wildman–Crippen LogP) is 1.89. The SMILES string of the molecule is CCC(C(=O)Oc1ccccc1N1C(=O)C=CC1=O)n1c(O)ccc1O. The van der Waals surface area contributed by atoms with Gasteiger partial charge in [0.15, 0.2) is 17.5 Å². The van der Waals surface area contributed by atoms with Crippen LogP contribution >= 0.6 is 0 Å². The third-order valence-corrected chi connectivity index (χ3v) is 3.97. The highest BCUT2D eigenvalue weighted by Gasteiger charge is 2.30. The number of rotatable bonds is 5. The number of amides is 2. The van der Waals surface area contributed by atoms with E-state index in [0.29, 0.717) is 0 Å². The molecule has 1 atom stereocenters. The van der Waals surface area contributed by atoms with E-state index >= 15 is 0 Å². The summed E-state index contributed by atoms with van der Waals surface area (Å²) in [6.07, 6.45) is 2.50. The number of esters is 1. The van der Waals surface area contributed by atoms with E-state index in [-0.39, 0.29) is 29.6 Å². The number of imide groups is 1. The minimum absolute atomic E-state index is 0.0208. The fraction of sp³-hybridized carbons (Fsp3) is 0.167. The number of para-hydroxylation sites is 2. The maximum absolute atomic E-state index is 12.6. The molecule has 2 N–H and O–H groups in total. The summed E-state index contributed by atoms with van der Waals surface area (Å²) in [5.74, 6) is -2.37. The normalized spacial score (nSPS) is 14.7. The van der Waals surface area contributed by atoms with Crippen LogP contribution in [0.2, 0.25) is 0 Å². The van der Waals surface area contributed by atoms with Crippen molar-refractivity contribution in [3.63, 3.8) is 0 Å². The molecule has 2 heterocycles. The van der Waals surface area contributed by atoms with Crippen molar-refractivity contribution >= 4 is 23.5 Å². The smallest absolute Gasteiger partial charge is 0.334 e. The first-order valence-corrected chi connectivity index (χ1v) is 7.90. The first-order chi connectivity index (χ1) is 12.4. The Bertz CT molecular complexity index is 877. The maximum atomic E-state index is 12.6. The van der Waals surface area contributed by atoms with Crippen LogP contribution in [0.3, 0.4) is 0 Å². The average Bonchev–Trinajstić information content (AvgIpc) is 3.12. The fourth-order valence-corrected chi connectivity index (χ4v) is 2.74. The summed E-state index contributed by atoms with van der Waals surface area (Å²) < 4.78 is 6.43. The Morgan fingerprint density at radius 2 is 1.62 bits per heavy atom. The van der Waals surface area contributed by atoms with E-state index in [9.17, 15) is 24.6 Å². The first kappa shape index (κ1) is 17.3. The van der Waals surface area contributed by atoms with Gasteiger partial charge < -0.3 is 14.9 Å². The summed E-state index contributed by atoms with van der Waals surface area (Å²) in [6.45, 7) is 1.69. The van der Waals surface area contributed by atoms with Crippen molar-refractivity contribution in [2.24, 2.45) is 0 Å². The largest absolute Gasteiger partial charge is 0.494 e. The van der Waals surface area contributed by atoms with E-state index in [4.69, 9.17) is 4.74 Å². The highest BCUT2D eigenvalue weighted by molar-refractivity contribution is 6.28. The van der Waals surface area contributed by atoms with E-state index in [1.54, 1.807) is 19.1 Å². The third-order valence-electron chi connectivity index (χ3n) is 3.97. The lowest BCUT2D eigenvalue weighted by atomic mass is 10.2. The topological polar surface area (TPSA) is 109 Å². The Morgan fingerprint density at radius 1 is 1.04 bits per heavy atom. The molecule has 0 spiro atoms. The van der Waals surface area contributed by atoms with Crippen LogP contribution in [-0.4, -0.2) is 32.6 Å². The van der Waals surface area contributed by atoms with Gasteiger partial charge in [-0.15, -0.1) is 0 Å². The molecule has 1 aliphatic rings. The van der Waals surface area contributed by atoms with Crippen LogP contribution in [0.25, 0.3) is 0 Å². The molecule has 0 bridgehead atoms. The lowest BCUT2D eigenvalue weighted by molar-refractivity contribution is -0.138. The van der Waals surface area contributed by atoms with Gasteiger partial charge in [-0.05, 0) is 18.6 Å². The van der Waals surface area contributed by atoms with Gasteiger partial charge in [0.1, 0.15) is 6.04 Å².